The molecule has 0 atom stereocenters. The molecule has 1 aliphatic rings. The van der Waals surface area contributed by atoms with Gasteiger partial charge in [-0.25, -0.2) is 4.39 Å². The van der Waals surface area contributed by atoms with Gasteiger partial charge in [0.25, 0.3) is 5.91 Å². The standard InChI is InChI=1S/C19H16FN3OS/c20-17-12(19(24)23-11-5-6-11)7-8-13(21)16(17)18(22)15-9-10-3-1-2-4-14(10)25-15/h1-4,7-9,11,22H,5-6,21H2,(H,23,24). The number of fused-ring (bicyclic) bond motifs is 1. The van der Waals surface area contributed by atoms with Gasteiger partial charge in [-0.05, 0) is 42.5 Å². The van der Waals surface area contributed by atoms with E-state index < -0.39 is 11.7 Å². The van der Waals surface area contributed by atoms with Crippen molar-refractivity contribution < 1.29 is 9.18 Å². The zero-order valence-corrected chi connectivity index (χ0v) is 14.1. The van der Waals surface area contributed by atoms with Gasteiger partial charge < -0.3 is 11.1 Å². The molecule has 1 heterocycles. The average Bonchev–Trinajstić information content (AvgIpc) is 3.29. The number of nitrogen functional groups attached to an aromatic ring is 1. The number of thiophene rings is 1. The molecule has 1 saturated carbocycles. The van der Waals surface area contributed by atoms with Crippen molar-refractivity contribution in [1.82, 2.24) is 5.32 Å². The first kappa shape index (κ1) is 15.8. The molecule has 0 radical (unpaired) electrons. The topological polar surface area (TPSA) is 79.0 Å². The van der Waals surface area contributed by atoms with Crippen LogP contribution >= 0.6 is 11.3 Å². The highest BCUT2D eigenvalue weighted by atomic mass is 32.1. The SMILES string of the molecule is N=C(c1cc2ccccc2s1)c1c(N)ccc(C(=O)NC2CC2)c1F. The molecular weight excluding hydrogens is 337 g/mol. The third-order valence-electron chi connectivity index (χ3n) is 4.25. The first-order valence-electron chi connectivity index (χ1n) is 8.01. The molecule has 1 amide bonds. The number of hydrogen-bond donors (Lipinski definition) is 3. The van der Waals surface area contributed by atoms with E-state index in [0.717, 1.165) is 22.9 Å². The molecule has 6 heteroatoms. The van der Waals surface area contributed by atoms with Crippen LogP contribution in [-0.2, 0) is 0 Å². The molecule has 25 heavy (non-hydrogen) atoms. The number of carbonyl (C=O) groups is 1. The number of amides is 1. The van der Waals surface area contributed by atoms with Gasteiger partial charge in [0.15, 0.2) is 0 Å². The van der Waals surface area contributed by atoms with Crippen molar-refractivity contribution in [3.05, 3.63) is 64.3 Å². The molecule has 1 fully saturated rings. The molecular formula is C19H16FN3OS. The molecule has 126 valence electrons. The summed E-state index contributed by atoms with van der Waals surface area (Å²) < 4.78 is 16.0. The zero-order valence-electron chi connectivity index (χ0n) is 13.3. The van der Waals surface area contributed by atoms with Gasteiger partial charge in [0, 0.05) is 16.4 Å². The number of nitrogens with one attached hydrogen (secondary N) is 2. The minimum absolute atomic E-state index is 0.00253. The molecule has 2 aromatic carbocycles. The normalized spacial score (nSPS) is 13.8. The van der Waals surface area contributed by atoms with Gasteiger partial charge >= 0.3 is 0 Å². The van der Waals surface area contributed by atoms with Crippen molar-refractivity contribution in [2.75, 3.05) is 5.73 Å². The highest BCUT2D eigenvalue weighted by Crippen LogP contribution is 2.30. The Morgan fingerprint density at radius 2 is 2.00 bits per heavy atom. The summed E-state index contributed by atoms with van der Waals surface area (Å²) in [5.74, 6) is -1.19. The van der Waals surface area contributed by atoms with Crippen LogP contribution in [-0.4, -0.2) is 17.7 Å². The van der Waals surface area contributed by atoms with E-state index in [1.807, 2.05) is 30.3 Å². The van der Waals surface area contributed by atoms with Crippen LogP contribution in [0.15, 0.2) is 42.5 Å². The van der Waals surface area contributed by atoms with Crippen LogP contribution in [0.1, 0.15) is 33.6 Å². The fraction of sp³-hybridized carbons (Fsp3) is 0.158. The van der Waals surface area contributed by atoms with Crippen LogP contribution in [0.4, 0.5) is 10.1 Å². The molecule has 3 aromatic rings. The van der Waals surface area contributed by atoms with E-state index in [1.165, 1.54) is 23.5 Å². The molecule has 0 aliphatic heterocycles. The summed E-state index contributed by atoms with van der Waals surface area (Å²) in [6.07, 6.45) is 1.85. The average molecular weight is 353 g/mol. The highest BCUT2D eigenvalue weighted by Gasteiger charge is 2.27. The van der Waals surface area contributed by atoms with E-state index in [9.17, 15) is 9.18 Å². The second-order valence-electron chi connectivity index (χ2n) is 6.16. The summed E-state index contributed by atoms with van der Waals surface area (Å²) in [5.41, 5.74) is 6.00. The van der Waals surface area contributed by atoms with Crippen molar-refractivity contribution in [3.63, 3.8) is 0 Å². The lowest BCUT2D eigenvalue weighted by Gasteiger charge is -2.11. The van der Waals surface area contributed by atoms with Crippen LogP contribution in [0.2, 0.25) is 0 Å². The lowest BCUT2D eigenvalue weighted by molar-refractivity contribution is 0.0947. The summed E-state index contributed by atoms with van der Waals surface area (Å²) >= 11 is 1.41. The second-order valence-corrected chi connectivity index (χ2v) is 7.25. The number of nitrogens with two attached hydrogens (primary N) is 1. The number of halogens is 1. The maximum Gasteiger partial charge on any atom is 0.254 e. The van der Waals surface area contributed by atoms with Crippen molar-refractivity contribution in [2.24, 2.45) is 0 Å². The molecule has 4 N–H and O–H groups in total. The van der Waals surface area contributed by atoms with E-state index in [1.54, 1.807) is 0 Å². The van der Waals surface area contributed by atoms with E-state index in [2.05, 4.69) is 5.32 Å². The van der Waals surface area contributed by atoms with Gasteiger partial charge in [0.05, 0.1) is 21.7 Å². The number of benzene rings is 2. The zero-order chi connectivity index (χ0) is 17.6. The lowest BCUT2D eigenvalue weighted by Crippen LogP contribution is -2.27. The number of hydrogen-bond acceptors (Lipinski definition) is 4. The Balaban J connectivity index is 1.75. The van der Waals surface area contributed by atoms with Crippen molar-refractivity contribution in [1.29, 1.82) is 5.41 Å². The summed E-state index contributed by atoms with van der Waals surface area (Å²) in [7, 11) is 0. The highest BCUT2D eigenvalue weighted by molar-refractivity contribution is 7.21. The van der Waals surface area contributed by atoms with E-state index in [-0.39, 0.29) is 28.6 Å². The van der Waals surface area contributed by atoms with Crippen LogP contribution in [0.25, 0.3) is 10.1 Å². The minimum atomic E-state index is -0.736. The molecule has 0 bridgehead atoms. The van der Waals surface area contributed by atoms with Crippen molar-refractivity contribution in [2.45, 2.75) is 18.9 Å². The molecule has 1 aliphatic carbocycles. The smallest absolute Gasteiger partial charge is 0.254 e. The summed E-state index contributed by atoms with van der Waals surface area (Å²) in [4.78, 5) is 12.8. The number of rotatable bonds is 4. The predicted molar refractivity (Wildman–Crippen MR) is 99.1 cm³/mol. The molecule has 4 rings (SSSR count). The Morgan fingerprint density at radius 1 is 1.24 bits per heavy atom. The van der Waals surface area contributed by atoms with E-state index in [4.69, 9.17) is 11.1 Å². The molecule has 4 nitrogen and oxygen atoms in total. The second kappa shape index (κ2) is 5.97. The van der Waals surface area contributed by atoms with Gasteiger partial charge in [0.1, 0.15) is 5.82 Å². The fourth-order valence-electron chi connectivity index (χ4n) is 2.74. The Kier molecular flexibility index (Phi) is 3.77. The lowest BCUT2D eigenvalue weighted by atomic mass is 10.0. The van der Waals surface area contributed by atoms with Gasteiger partial charge in [-0.3, -0.25) is 10.2 Å². The van der Waals surface area contributed by atoms with Gasteiger partial charge in [-0.15, -0.1) is 11.3 Å². The van der Waals surface area contributed by atoms with Gasteiger partial charge in [-0.2, -0.15) is 0 Å². The molecule has 1 aromatic heterocycles. The summed E-state index contributed by atoms with van der Waals surface area (Å²) in [6.45, 7) is 0. The first-order chi connectivity index (χ1) is 12.0. The van der Waals surface area contributed by atoms with Crippen LogP contribution in [0, 0.1) is 11.2 Å². The Hall–Kier alpha value is -2.73. The summed E-state index contributed by atoms with van der Waals surface area (Å²) in [5, 5.41) is 12.2. The predicted octanol–water partition coefficient (Wildman–Crippen LogP) is 3.93. The molecule has 0 spiro atoms. The van der Waals surface area contributed by atoms with Crippen LogP contribution in [0.3, 0.4) is 0 Å². The van der Waals surface area contributed by atoms with Crippen LogP contribution in [0.5, 0.6) is 0 Å². The Labute approximate surface area is 148 Å². The molecule has 0 saturated heterocycles. The first-order valence-corrected chi connectivity index (χ1v) is 8.83. The number of anilines is 1. The van der Waals surface area contributed by atoms with E-state index in [0.29, 0.717) is 4.88 Å². The fourth-order valence-corrected chi connectivity index (χ4v) is 3.76. The maximum absolute atomic E-state index is 15.0. The molecule has 0 unspecified atom stereocenters. The minimum Gasteiger partial charge on any atom is -0.398 e. The van der Waals surface area contributed by atoms with Gasteiger partial charge in [0.2, 0.25) is 0 Å². The van der Waals surface area contributed by atoms with E-state index >= 15 is 0 Å². The van der Waals surface area contributed by atoms with Gasteiger partial charge in [-0.1, -0.05) is 18.2 Å². The quantitative estimate of drug-likeness (QED) is 0.491. The Morgan fingerprint density at radius 3 is 2.72 bits per heavy atom. The Bertz CT molecular complexity index is 974. The monoisotopic (exact) mass is 353 g/mol. The number of carbonyl (C=O) groups excluding carboxylic acids is 1. The third kappa shape index (κ3) is 2.89. The maximum atomic E-state index is 15.0. The van der Waals surface area contributed by atoms with Crippen LogP contribution < -0.4 is 11.1 Å². The third-order valence-corrected chi connectivity index (χ3v) is 5.39. The van der Waals surface area contributed by atoms with Crippen molar-refractivity contribution >= 4 is 38.7 Å². The largest absolute Gasteiger partial charge is 0.398 e. The summed E-state index contributed by atoms with van der Waals surface area (Å²) in [6, 6.07) is 12.6. The van der Waals surface area contributed by atoms with Crippen molar-refractivity contribution in [3.8, 4) is 0 Å².